The normalized spacial score (nSPS) is 11.3. The van der Waals surface area contributed by atoms with Gasteiger partial charge >= 0.3 is 0 Å². The molecule has 0 saturated carbocycles. The standard InChI is InChI=1S/C52H35NO/c1-4-12-36(13-5-1)38-20-22-39(23-21-38)41-26-31-45(32-27-41)53(44-29-24-40(25-30-44)37-14-6-2-7-15-37)51-47(42-16-8-3-9-17-42)33-34-48-50-46-19-11-10-18-43(46)28-35-49(50)54-52(48)51/h1-35H. The molecule has 9 aromatic carbocycles. The first kappa shape index (κ1) is 31.6. The van der Waals surface area contributed by atoms with Crippen molar-refractivity contribution in [2.75, 3.05) is 4.90 Å². The van der Waals surface area contributed by atoms with Crippen LogP contribution in [0, 0.1) is 0 Å². The van der Waals surface area contributed by atoms with Gasteiger partial charge in [0.1, 0.15) is 5.58 Å². The third-order valence-electron chi connectivity index (χ3n) is 10.5. The van der Waals surface area contributed by atoms with Gasteiger partial charge in [0.05, 0.1) is 5.69 Å². The van der Waals surface area contributed by atoms with Gasteiger partial charge in [-0.05, 0) is 86.1 Å². The molecule has 0 saturated heterocycles. The van der Waals surface area contributed by atoms with Crippen LogP contribution in [0.4, 0.5) is 17.1 Å². The Labute approximate surface area is 314 Å². The monoisotopic (exact) mass is 689 g/mol. The van der Waals surface area contributed by atoms with Crippen LogP contribution in [0.1, 0.15) is 0 Å². The Balaban J connectivity index is 1.17. The van der Waals surface area contributed by atoms with Crippen molar-refractivity contribution in [3.05, 3.63) is 212 Å². The van der Waals surface area contributed by atoms with Gasteiger partial charge in [-0.3, -0.25) is 0 Å². The highest BCUT2D eigenvalue weighted by atomic mass is 16.3. The first-order valence-electron chi connectivity index (χ1n) is 18.4. The minimum Gasteiger partial charge on any atom is -0.454 e. The van der Waals surface area contributed by atoms with Gasteiger partial charge in [0.25, 0.3) is 0 Å². The number of furan rings is 1. The van der Waals surface area contributed by atoms with Crippen molar-refractivity contribution in [1.82, 2.24) is 0 Å². The third-order valence-corrected chi connectivity index (χ3v) is 10.5. The molecule has 10 rings (SSSR count). The van der Waals surface area contributed by atoms with Gasteiger partial charge in [0.15, 0.2) is 5.58 Å². The van der Waals surface area contributed by atoms with Gasteiger partial charge in [-0.25, -0.2) is 0 Å². The molecular formula is C52H35NO. The zero-order valence-electron chi connectivity index (χ0n) is 29.6. The van der Waals surface area contributed by atoms with E-state index in [1.165, 1.54) is 38.6 Å². The van der Waals surface area contributed by atoms with Crippen molar-refractivity contribution in [3.63, 3.8) is 0 Å². The van der Waals surface area contributed by atoms with Gasteiger partial charge < -0.3 is 9.32 Å². The lowest BCUT2D eigenvalue weighted by Crippen LogP contribution is -2.11. The fraction of sp³-hybridized carbons (Fsp3) is 0. The molecule has 0 aliphatic carbocycles. The van der Waals surface area contributed by atoms with Gasteiger partial charge in [-0.15, -0.1) is 0 Å². The summed E-state index contributed by atoms with van der Waals surface area (Å²) in [5.41, 5.74) is 14.2. The van der Waals surface area contributed by atoms with Crippen molar-refractivity contribution >= 4 is 49.8 Å². The summed E-state index contributed by atoms with van der Waals surface area (Å²) in [7, 11) is 0. The van der Waals surface area contributed by atoms with Crippen LogP contribution in [0.25, 0.3) is 77.2 Å². The van der Waals surface area contributed by atoms with Gasteiger partial charge in [-0.1, -0.05) is 176 Å². The van der Waals surface area contributed by atoms with E-state index in [-0.39, 0.29) is 0 Å². The Morgan fingerprint density at radius 3 is 1.30 bits per heavy atom. The number of hydrogen-bond acceptors (Lipinski definition) is 2. The van der Waals surface area contributed by atoms with E-state index in [0.29, 0.717) is 0 Å². The van der Waals surface area contributed by atoms with Crippen LogP contribution >= 0.6 is 0 Å². The molecule has 1 heterocycles. The maximum atomic E-state index is 6.97. The maximum absolute atomic E-state index is 6.97. The quantitative estimate of drug-likeness (QED) is 0.166. The lowest BCUT2D eigenvalue weighted by Gasteiger charge is -2.28. The summed E-state index contributed by atoms with van der Waals surface area (Å²) >= 11 is 0. The van der Waals surface area contributed by atoms with Crippen LogP contribution in [-0.2, 0) is 0 Å². The Morgan fingerprint density at radius 2 is 0.759 bits per heavy atom. The Bertz CT molecular complexity index is 2880. The average molecular weight is 690 g/mol. The second kappa shape index (κ2) is 13.4. The van der Waals surface area contributed by atoms with E-state index >= 15 is 0 Å². The fourth-order valence-corrected chi connectivity index (χ4v) is 7.80. The molecule has 1 aromatic heterocycles. The van der Waals surface area contributed by atoms with E-state index in [4.69, 9.17) is 4.42 Å². The largest absolute Gasteiger partial charge is 0.454 e. The lowest BCUT2D eigenvalue weighted by molar-refractivity contribution is 0.669. The van der Waals surface area contributed by atoms with Gasteiger partial charge in [-0.2, -0.15) is 0 Å². The number of anilines is 3. The third kappa shape index (κ3) is 5.62. The summed E-state index contributed by atoms with van der Waals surface area (Å²) in [6, 6.07) is 75.7. The van der Waals surface area contributed by atoms with E-state index in [1.54, 1.807) is 0 Å². The molecule has 254 valence electrons. The number of benzene rings is 9. The fourth-order valence-electron chi connectivity index (χ4n) is 7.80. The predicted molar refractivity (Wildman–Crippen MR) is 228 cm³/mol. The van der Waals surface area contributed by atoms with Crippen LogP contribution in [0.15, 0.2) is 217 Å². The number of fused-ring (bicyclic) bond motifs is 5. The van der Waals surface area contributed by atoms with Crippen molar-refractivity contribution in [2.45, 2.75) is 0 Å². The molecule has 54 heavy (non-hydrogen) atoms. The zero-order chi connectivity index (χ0) is 35.8. The van der Waals surface area contributed by atoms with E-state index in [1.807, 2.05) is 0 Å². The molecule has 0 radical (unpaired) electrons. The highest BCUT2D eigenvalue weighted by Gasteiger charge is 2.24. The van der Waals surface area contributed by atoms with E-state index in [9.17, 15) is 0 Å². The summed E-state index contributed by atoms with van der Waals surface area (Å²) in [4.78, 5) is 2.37. The smallest absolute Gasteiger partial charge is 0.160 e. The van der Waals surface area contributed by atoms with E-state index in [0.717, 1.165) is 55.7 Å². The Kier molecular flexibility index (Phi) is 7.85. The molecule has 0 bridgehead atoms. The summed E-state index contributed by atoms with van der Waals surface area (Å²) in [5.74, 6) is 0. The molecule has 0 aliphatic rings. The predicted octanol–water partition coefficient (Wildman–Crippen LogP) is 14.9. The molecule has 0 unspecified atom stereocenters. The minimum absolute atomic E-state index is 0.857. The van der Waals surface area contributed by atoms with E-state index < -0.39 is 0 Å². The van der Waals surface area contributed by atoms with Crippen LogP contribution < -0.4 is 4.90 Å². The van der Waals surface area contributed by atoms with Crippen LogP contribution in [0.3, 0.4) is 0 Å². The first-order chi connectivity index (χ1) is 26.8. The second-order valence-electron chi connectivity index (χ2n) is 13.7. The van der Waals surface area contributed by atoms with Gasteiger partial charge in [0, 0.05) is 27.7 Å². The molecular weight excluding hydrogens is 655 g/mol. The van der Waals surface area contributed by atoms with Crippen LogP contribution in [0.2, 0.25) is 0 Å². The number of hydrogen-bond donors (Lipinski definition) is 0. The molecule has 0 atom stereocenters. The highest BCUT2D eigenvalue weighted by Crippen LogP contribution is 2.49. The van der Waals surface area contributed by atoms with Crippen molar-refractivity contribution < 1.29 is 4.42 Å². The maximum Gasteiger partial charge on any atom is 0.160 e. The molecule has 0 amide bonds. The molecule has 10 aromatic rings. The van der Waals surface area contributed by atoms with Gasteiger partial charge in [0.2, 0.25) is 0 Å². The minimum atomic E-state index is 0.857. The number of nitrogens with zero attached hydrogens (tertiary/aromatic N) is 1. The summed E-state index contributed by atoms with van der Waals surface area (Å²) in [6.45, 7) is 0. The van der Waals surface area contributed by atoms with Crippen LogP contribution in [-0.4, -0.2) is 0 Å². The van der Waals surface area contributed by atoms with Crippen molar-refractivity contribution in [2.24, 2.45) is 0 Å². The molecule has 0 N–H and O–H groups in total. The van der Waals surface area contributed by atoms with Crippen molar-refractivity contribution in [1.29, 1.82) is 0 Å². The molecule has 0 fully saturated rings. The Hall–Kier alpha value is -7.16. The second-order valence-corrected chi connectivity index (χ2v) is 13.7. The zero-order valence-corrected chi connectivity index (χ0v) is 29.6. The lowest BCUT2D eigenvalue weighted by atomic mass is 9.97. The molecule has 2 nitrogen and oxygen atoms in total. The summed E-state index contributed by atoms with van der Waals surface area (Å²) < 4.78 is 6.97. The molecule has 0 aliphatic heterocycles. The van der Waals surface area contributed by atoms with E-state index in [2.05, 4.69) is 217 Å². The topological polar surface area (TPSA) is 16.4 Å². The highest BCUT2D eigenvalue weighted by molar-refractivity contribution is 6.22. The molecule has 2 heteroatoms. The molecule has 0 spiro atoms. The SMILES string of the molecule is c1ccc(-c2ccc(-c3ccc(N(c4ccc(-c5ccccc5)cc4)c4c(-c5ccccc5)ccc5c4oc4ccc6ccccc6c45)cc3)cc2)cc1. The summed E-state index contributed by atoms with van der Waals surface area (Å²) in [5, 5.41) is 4.62. The van der Waals surface area contributed by atoms with Crippen molar-refractivity contribution in [3.8, 4) is 44.5 Å². The average Bonchev–Trinajstić information content (AvgIpc) is 3.65. The Morgan fingerprint density at radius 1 is 0.315 bits per heavy atom. The first-order valence-corrected chi connectivity index (χ1v) is 18.4. The van der Waals surface area contributed by atoms with Crippen LogP contribution in [0.5, 0.6) is 0 Å². The summed E-state index contributed by atoms with van der Waals surface area (Å²) in [6.07, 6.45) is 0. The number of rotatable bonds is 7.